The van der Waals surface area contributed by atoms with Crippen LogP contribution in [0.15, 0.2) is 48.5 Å². The van der Waals surface area contributed by atoms with Gasteiger partial charge in [-0.2, -0.15) is 0 Å². The number of carbonyl (C=O) groups excluding carboxylic acids is 1. The van der Waals surface area contributed by atoms with Gasteiger partial charge in [0.1, 0.15) is 11.6 Å². The van der Waals surface area contributed by atoms with Crippen molar-refractivity contribution >= 4 is 5.91 Å². The summed E-state index contributed by atoms with van der Waals surface area (Å²) in [5.74, 6) is -1.26. The van der Waals surface area contributed by atoms with Gasteiger partial charge in [0.05, 0.1) is 0 Å². The monoisotopic (exact) mass is 289 g/mol. The van der Waals surface area contributed by atoms with Crippen molar-refractivity contribution in [2.75, 3.05) is 6.54 Å². The van der Waals surface area contributed by atoms with Crippen LogP contribution in [0.1, 0.15) is 30.4 Å². The molecular weight excluding hydrogens is 272 g/mol. The number of hydrogen-bond acceptors (Lipinski definition) is 1. The lowest BCUT2D eigenvalue weighted by Crippen LogP contribution is -2.25. The number of halogens is 2. The van der Waals surface area contributed by atoms with Gasteiger partial charge in [-0.15, -0.1) is 0 Å². The van der Waals surface area contributed by atoms with Gasteiger partial charge in [0.2, 0.25) is 5.91 Å². The summed E-state index contributed by atoms with van der Waals surface area (Å²) in [6.07, 6.45) is 0.154. The predicted octanol–water partition coefficient (Wildman–Crippen LogP) is 3.62. The second-order valence-electron chi connectivity index (χ2n) is 4.82. The minimum Gasteiger partial charge on any atom is -0.356 e. The molecule has 2 aromatic carbocycles. The van der Waals surface area contributed by atoms with Crippen LogP contribution in [0.5, 0.6) is 0 Å². The minimum absolute atomic E-state index is 0.143. The highest BCUT2D eigenvalue weighted by Crippen LogP contribution is 2.28. The van der Waals surface area contributed by atoms with Crippen LogP contribution in [-0.4, -0.2) is 12.5 Å². The van der Waals surface area contributed by atoms with Gasteiger partial charge in [-0.1, -0.05) is 24.3 Å². The zero-order valence-corrected chi connectivity index (χ0v) is 11.8. The lowest BCUT2D eigenvalue weighted by atomic mass is 9.88. The molecule has 0 atom stereocenters. The van der Waals surface area contributed by atoms with E-state index >= 15 is 0 Å². The van der Waals surface area contributed by atoms with E-state index in [2.05, 4.69) is 5.32 Å². The van der Waals surface area contributed by atoms with E-state index in [9.17, 15) is 13.6 Å². The topological polar surface area (TPSA) is 29.1 Å². The molecule has 0 radical (unpaired) electrons. The molecule has 4 heteroatoms. The highest BCUT2D eigenvalue weighted by molar-refractivity contribution is 5.77. The fraction of sp³-hybridized carbons (Fsp3) is 0.235. The first kappa shape index (κ1) is 15.2. The highest BCUT2D eigenvalue weighted by Gasteiger charge is 2.19. The molecule has 21 heavy (non-hydrogen) atoms. The second-order valence-corrected chi connectivity index (χ2v) is 4.82. The molecule has 2 nitrogen and oxygen atoms in total. The molecule has 0 aliphatic rings. The second kappa shape index (κ2) is 6.97. The fourth-order valence-corrected chi connectivity index (χ4v) is 2.33. The maximum atomic E-state index is 13.4. The number of hydrogen-bond donors (Lipinski definition) is 1. The van der Waals surface area contributed by atoms with E-state index in [1.165, 1.54) is 24.3 Å². The largest absolute Gasteiger partial charge is 0.356 e. The Morgan fingerprint density at radius 2 is 1.57 bits per heavy atom. The Bertz CT molecular complexity index is 582. The van der Waals surface area contributed by atoms with E-state index in [1.807, 2.05) is 6.92 Å². The van der Waals surface area contributed by atoms with E-state index in [4.69, 9.17) is 0 Å². The Hall–Kier alpha value is -2.23. The van der Waals surface area contributed by atoms with E-state index in [0.717, 1.165) is 0 Å². The zero-order valence-electron chi connectivity index (χ0n) is 11.8. The van der Waals surface area contributed by atoms with Crippen molar-refractivity contribution in [3.63, 3.8) is 0 Å². The average molecular weight is 289 g/mol. The van der Waals surface area contributed by atoms with Crippen molar-refractivity contribution in [1.82, 2.24) is 5.32 Å². The summed E-state index contributed by atoms with van der Waals surface area (Å²) in [4.78, 5) is 11.9. The lowest BCUT2D eigenvalue weighted by molar-refractivity contribution is -0.121. The fourth-order valence-electron chi connectivity index (χ4n) is 2.33. The molecule has 2 rings (SSSR count). The van der Waals surface area contributed by atoms with Gasteiger partial charge in [-0.05, 0) is 42.3 Å². The number of carbonyl (C=O) groups is 1. The smallest absolute Gasteiger partial charge is 0.220 e. The van der Waals surface area contributed by atoms with E-state index in [1.54, 1.807) is 24.3 Å². The van der Waals surface area contributed by atoms with E-state index in [-0.39, 0.29) is 29.9 Å². The lowest BCUT2D eigenvalue weighted by Gasteiger charge is -2.18. The average Bonchev–Trinajstić information content (AvgIpc) is 2.45. The van der Waals surface area contributed by atoms with E-state index in [0.29, 0.717) is 17.7 Å². The first-order chi connectivity index (χ1) is 10.1. The molecule has 0 heterocycles. The molecule has 1 N–H and O–H groups in total. The molecule has 0 aliphatic heterocycles. The molecule has 0 saturated carbocycles. The summed E-state index contributed by atoms with van der Waals surface area (Å²) in [6.45, 7) is 2.36. The van der Waals surface area contributed by atoms with Crippen molar-refractivity contribution in [3.8, 4) is 0 Å². The van der Waals surface area contributed by atoms with Crippen molar-refractivity contribution in [1.29, 1.82) is 0 Å². The van der Waals surface area contributed by atoms with Gasteiger partial charge in [-0.25, -0.2) is 8.78 Å². The van der Waals surface area contributed by atoms with Gasteiger partial charge >= 0.3 is 0 Å². The van der Waals surface area contributed by atoms with Gasteiger partial charge in [0.25, 0.3) is 0 Å². The summed E-state index contributed by atoms with van der Waals surface area (Å²) >= 11 is 0. The van der Waals surface area contributed by atoms with Crippen LogP contribution in [0, 0.1) is 11.6 Å². The summed E-state index contributed by atoms with van der Waals surface area (Å²) in [7, 11) is 0. The van der Waals surface area contributed by atoms with Crippen molar-refractivity contribution < 1.29 is 13.6 Å². The molecule has 0 bridgehead atoms. The van der Waals surface area contributed by atoms with Crippen LogP contribution < -0.4 is 5.32 Å². The number of rotatable bonds is 5. The SMILES string of the molecule is CCNC(=O)CC(c1cccc(F)c1)c1cccc(F)c1. The maximum absolute atomic E-state index is 13.4. The molecule has 2 aromatic rings. The van der Waals surface area contributed by atoms with Crippen molar-refractivity contribution in [3.05, 3.63) is 71.3 Å². The quantitative estimate of drug-likeness (QED) is 0.895. The van der Waals surface area contributed by atoms with Gasteiger partial charge < -0.3 is 5.32 Å². The Labute approximate surface area is 122 Å². The molecule has 110 valence electrons. The van der Waals surface area contributed by atoms with Crippen LogP contribution in [0.3, 0.4) is 0 Å². The Balaban J connectivity index is 2.36. The van der Waals surface area contributed by atoms with Crippen LogP contribution in [-0.2, 0) is 4.79 Å². The molecule has 0 saturated heterocycles. The molecule has 0 unspecified atom stereocenters. The third kappa shape index (κ3) is 4.12. The van der Waals surface area contributed by atoms with E-state index < -0.39 is 0 Å². The summed E-state index contributed by atoms with van der Waals surface area (Å²) in [6, 6.07) is 12.1. The maximum Gasteiger partial charge on any atom is 0.220 e. The van der Waals surface area contributed by atoms with Crippen molar-refractivity contribution in [2.45, 2.75) is 19.3 Å². The highest BCUT2D eigenvalue weighted by atomic mass is 19.1. The first-order valence-corrected chi connectivity index (χ1v) is 6.87. The van der Waals surface area contributed by atoms with Crippen molar-refractivity contribution in [2.24, 2.45) is 0 Å². The summed E-state index contributed by atoms with van der Waals surface area (Å²) < 4.78 is 26.9. The molecule has 1 amide bonds. The van der Waals surface area contributed by atoms with Gasteiger partial charge in [0, 0.05) is 18.9 Å². The third-order valence-corrected chi connectivity index (χ3v) is 3.27. The summed E-state index contributed by atoms with van der Waals surface area (Å²) in [5, 5.41) is 2.72. The molecule has 0 aliphatic carbocycles. The number of benzene rings is 2. The predicted molar refractivity (Wildman–Crippen MR) is 77.9 cm³/mol. The molecule has 0 fully saturated rings. The normalized spacial score (nSPS) is 10.7. The minimum atomic E-state index is -0.372. The van der Waals surface area contributed by atoms with Crippen LogP contribution in [0.25, 0.3) is 0 Å². The standard InChI is InChI=1S/C17H17F2NO/c1-2-20-17(21)11-16(12-5-3-7-14(18)9-12)13-6-4-8-15(19)10-13/h3-10,16H,2,11H2,1H3,(H,20,21). The first-order valence-electron chi connectivity index (χ1n) is 6.87. The Morgan fingerprint density at radius 1 is 1.05 bits per heavy atom. The van der Waals surface area contributed by atoms with Crippen LogP contribution >= 0.6 is 0 Å². The van der Waals surface area contributed by atoms with Gasteiger partial charge in [-0.3, -0.25) is 4.79 Å². The molecular formula is C17H17F2NO. The molecule has 0 spiro atoms. The number of amides is 1. The third-order valence-electron chi connectivity index (χ3n) is 3.27. The van der Waals surface area contributed by atoms with Crippen LogP contribution in [0.4, 0.5) is 8.78 Å². The Kier molecular flexibility index (Phi) is 5.04. The number of nitrogens with one attached hydrogen (secondary N) is 1. The Morgan fingerprint density at radius 3 is 2.00 bits per heavy atom. The van der Waals surface area contributed by atoms with Gasteiger partial charge in [0.15, 0.2) is 0 Å². The van der Waals surface area contributed by atoms with Crippen LogP contribution in [0.2, 0.25) is 0 Å². The zero-order chi connectivity index (χ0) is 15.2. The molecule has 0 aromatic heterocycles. The summed E-state index contributed by atoms with van der Waals surface area (Å²) in [5.41, 5.74) is 1.32.